The highest BCUT2D eigenvalue weighted by Crippen LogP contribution is 2.21. The number of ether oxygens (including phenoxy) is 1. The molecule has 1 rings (SSSR count). The number of hydrogen-bond donors (Lipinski definition) is 0. The number of hydrogen-bond acceptors (Lipinski definition) is 4. The molecule has 1 aliphatic heterocycles. The Balaban J connectivity index is 0.00000121. The van der Waals surface area contributed by atoms with Crippen molar-refractivity contribution in [2.24, 2.45) is 0 Å². The molecule has 0 aromatic rings. The van der Waals surface area contributed by atoms with E-state index >= 15 is 0 Å². The zero-order chi connectivity index (χ0) is 12.8. The Morgan fingerprint density at radius 2 is 1.82 bits per heavy atom. The van der Waals surface area contributed by atoms with Gasteiger partial charge in [0.1, 0.15) is 0 Å². The molecule has 0 aromatic carbocycles. The second-order valence-electron chi connectivity index (χ2n) is 3.44. The van der Waals surface area contributed by atoms with E-state index in [4.69, 9.17) is 4.74 Å². The fourth-order valence-electron chi connectivity index (χ4n) is 1.37. The minimum atomic E-state index is 0.914. The lowest BCUT2D eigenvalue weighted by molar-refractivity contribution is 0.0410. The average Bonchev–Trinajstić information content (AvgIpc) is 2.41. The van der Waals surface area contributed by atoms with Crippen LogP contribution in [0.1, 0.15) is 27.2 Å². The Kier molecular flexibility index (Phi) is 14.7. The van der Waals surface area contributed by atoms with Crippen LogP contribution in [0, 0.1) is 0 Å². The van der Waals surface area contributed by atoms with Crippen LogP contribution in [0.15, 0.2) is 12.2 Å². The third-order valence-corrected chi connectivity index (χ3v) is 4.50. The molecule has 0 unspecified atom stereocenters. The standard InChI is InChI=1S/C11H21NOS2.C2H6/c1-2-3-4-10-14-15-11-7-12-5-8-13-9-6-12;1-2/h3-4H,2,5-11H2,1H3;1-2H3/b4-3-;. The largest absolute Gasteiger partial charge is 0.379 e. The molecule has 2 nitrogen and oxygen atoms in total. The maximum Gasteiger partial charge on any atom is 0.0594 e. The van der Waals surface area contributed by atoms with Crippen LogP contribution in [0.3, 0.4) is 0 Å². The van der Waals surface area contributed by atoms with Gasteiger partial charge in [0.25, 0.3) is 0 Å². The smallest absolute Gasteiger partial charge is 0.0594 e. The Bertz CT molecular complexity index is 171. The van der Waals surface area contributed by atoms with Crippen LogP contribution < -0.4 is 0 Å². The van der Waals surface area contributed by atoms with Gasteiger partial charge in [0.05, 0.1) is 13.2 Å². The minimum Gasteiger partial charge on any atom is -0.379 e. The molecule has 0 N–H and O–H groups in total. The summed E-state index contributed by atoms with van der Waals surface area (Å²) >= 11 is 0. The van der Waals surface area contributed by atoms with Crippen molar-refractivity contribution in [1.82, 2.24) is 4.90 Å². The number of morpholine rings is 1. The first-order chi connectivity index (χ1) is 8.43. The first kappa shape index (κ1) is 17.4. The molecule has 102 valence electrons. The van der Waals surface area contributed by atoms with Crippen LogP contribution in [0.4, 0.5) is 0 Å². The molecule has 0 aliphatic carbocycles. The summed E-state index contributed by atoms with van der Waals surface area (Å²) in [6.45, 7) is 11.4. The van der Waals surface area contributed by atoms with Crippen LogP contribution in [0.2, 0.25) is 0 Å². The van der Waals surface area contributed by atoms with Crippen LogP contribution in [0.25, 0.3) is 0 Å². The van der Waals surface area contributed by atoms with E-state index < -0.39 is 0 Å². The van der Waals surface area contributed by atoms with Crippen LogP contribution in [-0.2, 0) is 4.74 Å². The van der Waals surface area contributed by atoms with Gasteiger partial charge < -0.3 is 4.74 Å². The summed E-state index contributed by atoms with van der Waals surface area (Å²) in [5.41, 5.74) is 0. The van der Waals surface area contributed by atoms with Gasteiger partial charge in [-0.05, 0) is 6.42 Å². The molecule has 0 amide bonds. The Morgan fingerprint density at radius 3 is 2.47 bits per heavy atom. The molecule has 1 aliphatic rings. The molecule has 0 bridgehead atoms. The summed E-state index contributed by atoms with van der Waals surface area (Å²) in [5.74, 6) is 2.37. The lowest BCUT2D eigenvalue weighted by Crippen LogP contribution is -2.37. The average molecular weight is 277 g/mol. The van der Waals surface area contributed by atoms with Crippen molar-refractivity contribution in [1.29, 1.82) is 0 Å². The zero-order valence-electron chi connectivity index (χ0n) is 11.5. The second-order valence-corrected chi connectivity index (χ2v) is 6.07. The van der Waals surface area contributed by atoms with Gasteiger partial charge in [-0.25, -0.2) is 0 Å². The van der Waals surface area contributed by atoms with Crippen LogP contribution in [0.5, 0.6) is 0 Å². The molecule has 0 saturated carbocycles. The number of rotatable bonds is 7. The van der Waals surface area contributed by atoms with Crippen molar-refractivity contribution in [3.05, 3.63) is 12.2 Å². The summed E-state index contributed by atoms with van der Waals surface area (Å²) in [6, 6.07) is 0. The molecule has 1 heterocycles. The summed E-state index contributed by atoms with van der Waals surface area (Å²) in [4.78, 5) is 2.49. The highest BCUT2D eigenvalue weighted by molar-refractivity contribution is 8.76. The first-order valence-corrected chi connectivity index (χ1v) is 9.12. The highest BCUT2D eigenvalue weighted by atomic mass is 33.1. The van der Waals surface area contributed by atoms with E-state index in [1.54, 1.807) is 0 Å². The summed E-state index contributed by atoms with van der Waals surface area (Å²) < 4.78 is 5.31. The fourth-order valence-corrected chi connectivity index (χ4v) is 3.24. The van der Waals surface area contributed by atoms with E-state index in [0.29, 0.717) is 0 Å². The van der Waals surface area contributed by atoms with Crippen LogP contribution >= 0.6 is 21.6 Å². The van der Waals surface area contributed by atoms with Crippen LogP contribution in [-0.4, -0.2) is 49.3 Å². The quantitative estimate of drug-likeness (QED) is 0.399. The van der Waals surface area contributed by atoms with Gasteiger partial charge in [-0.15, -0.1) is 0 Å². The van der Waals surface area contributed by atoms with E-state index in [9.17, 15) is 0 Å². The van der Waals surface area contributed by atoms with Gasteiger partial charge in [-0.3, -0.25) is 4.90 Å². The maximum absolute atomic E-state index is 5.31. The van der Waals surface area contributed by atoms with Gasteiger partial charge in [-0.2, -0.15) is 0 Å². The SMILES string of the molecule is CC.CC/C=C\CSSCCN1CCOCC1. The molecule has 1 fully saturated rings. The predicted octanol–water partition coefficient (Wildman–Crippen LogP) is 3.69. The molecule has 1 saturated heterocycles. The number of nitrogens with zero attached hydrogens (tertiary/aromatic N) is 1. The Labute approximate surface area is 115 Å². The second kappa shape index (κ2) is 14.4. The predicted molar refractivity (Wildman–Crippen MR) is 83.0 cm³/mol. The lowest BCUT2D eigenvalue weighted by atomic mass is 10.4. The first-order valence-electron chi connectivity index (χ1n) is 6.63. The van der Waals surface area contributed by atoms with E-state index in [-0.39, 0.29) is 0 Å². The number of allylic oxidation sites excluding steroid dienone is 1. The summed E-state index contributed by atoms with van der Waals surface area (Å²) in [5, 5.41) is 0. The van der Waals surface area contributed by atoms with Crippen molar-refractivity contribution < 1.29 is 4.74 Å². The molecule has 17 heavy (non-hydrogen) atoms. The topological polar surface area (TPSA) is 12.5 Å². The van der Waals surface area contributed by atoms with Crippen molar-refractivity contribution in [2.75, 3.05) is 44.4 Å². The molecular weight excluding hydrogens is 250 g/mol. The molecule has 0 spiro atoms. The minimum absolute atomic E-state index is 0.914. The van der Waals surface area contributed by atoms with Gasteiger partial charge >= 0.3 is 0 Å². The van der Waals surface area contributed by atoms with Crippen molar-refractivity contribution in [3.8, 4) is 0 Å². The van der Waals surface area contributed by atoms with E-state index in [2.05, 4.69) is 24.0 Å². The van der Waals surface area contributed by atoms with Crippen molar-refractivity contribution >= 4 is 21.6 Å². The normalized spacial score (nSPS) is 16.9. The Hall–Kier alpha value is 0.360. The summed E-state index contributed by atoms with van der Waals surface area (Å²) in [6.07, 6.45) is 5.64. The van der Waals surface area contributed by atoms with Gasteiger partial charge in [0, 0.05) is 31.1 Å². The monoisotopic (exact) mass is 277 g/mol. The third-order valence-electron chi connectivity index (χ3n) is 2.24. The van der Waals surface area contributed by atoms with Gasteiger partial charge in [0.2, 0.25) is 0 Å². The van der Waals surface area contributed by atoms with E-state index in [0.717, 1.165) is 38.5 Å². The van der Waals surface area contributed by atoms with Crippen molar-refractivity contribution in [2.45, 2.75) is 27.2 Å². The molecule has 4 heteroatoms. The van der Waals surface area contributed by atoms with Gasteiger partial charge in [-0.1, -0.05) is 54.5 Å². The molecule has 0 radical (unpaired) electrons. The zero-order valence-corrected chi connectivity index (χ0v) is 13.1. The summed E-state index contributed by atoms with van der Waals surface area (Å²) in [7, 11) is 3.93. The van der Waals surface area contributed by atoms with Crippen molar-refractivity contribution in [3.63, 3.8) is 0 Å². The Morgan fingerprint density at radius 1 is 1.12 bits per heavy atom. The molecule has 0 atom stereocenters. The molecular formula is C13H27NOS2. The van der Waals surface area contributed by atoms with E-state index in [1.807, 2.05) is 35.4 Å². The fraction of sp³-hybridized carbons (Fsp3) is 0.846. The van der Waals surface area contributed by atoms with E-state index in [1.165, 1.54) is 12.3 Å². The maximum atomic E-state index is 5.31. The third kappa shape index (κ3) is 11.2. The van der Waals surface area contributed by atoms with Gasteiger partial charge in [0.15, 0.2) is 0 Å². The molecule has 0 aromatic heterocycles. The lowest BCUT2D eigenvalue weighted by Gasteiger charge is -2.26. The highest BCUT2D eigenvalue weighted by Gasteiger charge is 2.08.